The number of benzene rings is 1. The first kappa shape index (κ1) is 14.9. The van der Waals surface area contributed by atoms with E-state index in [0.29, 0.717) is 10.0 Å². The van der Waals surface area contributed by atoms with Crippen molar-refractivity contribution in [3.63, 3.8) is 0 Å². The van der Waals surface area contributed by atoms with E-state index >= 15 is 0 Å². The maximum Gasteiger partial charge on any atom is 0.336 e. The molecule has 1 saturated carbocycles. The van der Waals surface area contributed by atoms with E-state index in [0.717, 1.165) is 37.9 Å². The number of nitrogens with zero attached hydrogens (tertiary/aromatic N) is 2. The van der Waals surface area contributed by atoms with Crippen LogP contribution in [0.1, 0.15) is 36.0 Å². The van der Waals surface area contributed by atoms with E-state index in [4.69, 9.17) is 5.11 Å². The second kappa shape index (κ2) is 6.36. The molecule has 2 aliphatic rings. The minimum Gasteiger partial charge on any atom is -0.478 e. The Hall–Kier alpha value is -1.07. The minimum absolute atomic E-state index is 0.323. The highest BCUT2D eigenvalue weighted by atomic mass is 79.9. The maximum atomic E-state index is 11.0. The van der Waals surface area contributed by atoms with E-state index in [-0.39, 0.29) is 0 Å². The van der Waals surface area contributed by atoms with E-state index in [1.54, 1.807) is 6.07 Å². The average molecular weight is 353 g/mol. The van der Waals surface area contributed by atoms with Gasteiger partial charge in [0.1, 0.15) is 0 Å². The van der Waals surface area contributed by atoms with Crippen molar-refractivity contribution in [2.75, 3.05) is 31.1 Å². The molecule has 0 amide bonds. The van der Waals surface area contributed by atoms with Crippen molar-refractivity contribution < 1.29 is 9.90 Å². The quantitative estimate of drug-likeness (QED) is 0.906. The van der Waals surface area contributed by atoms with E-state index in [9.17, 15) is 4.79 Å². The molecule has 1 aliphatic carbocycles. The molecular formula is C16H21BrN2O2. The highest BCUT2D eigenvalue weighted by Gasteiger charge is 2.26. The van der Waals surface area contributed by atoms with Crippen LogP contribution in [0, 0.1) is 0 Å². The van der Waals surface area contributed by atoms with Gasteiger partial charge in [0.25, 0.3) is 0 Å². The number of hydrogen-bond acceptors (Lipinski definition) is 3. The first-order valence-electron chi connectivity index (χ1n) is 7.67. The van der Waals surface area contributed by atoms with Crippen LogP contribution in [0.25, 0.3) is 0 Å². The fourth-order valence-electron chi connectivity index (χ4n) is 3.49. The summed E-state index contributed by atoms with van der Waals surface area (Å²) in [6.45, 7) is 4.27. The minimum atomic E-state index is -0.889. The van der Waals surface area contributed by atoms with Crippen LogP contribution in [0.5, 0.6) is 0 Å². The third-order valence-electron chi connectivity index (χ3n) is 4.70. The van der Waals surface area contributed by atoms with Gasteiger partial charge >= 0.3 is 5.97 Å². The standard InChI is InChI=1S/C16H21BrN2O2/c17-15-11-13(5-6-14(15)16(20)21)19-9-7-18(8-10-19)12-3-1-2-4-12/h5-6,11-12H,1-4,7-10H2,(H,20,21). The van der Waals surface area contributed by atoms with Gasteiger partial charge in [0.2, 0.25) is 0 Å². The molecule has 0 atom stereocenters. The van der Waals surface area contributed by atoms with Gasteiger partial charge in [0, 0.05) is 42.4 Å². The van der Waals surface area contributed by atoms with Gasteiger partial charge in [0.15, 0.2) is 0 Å². The SMILES string of the molecule is O=C(O)c1ccc(N2CCN(C3CCCC3)CC2)cc1Br. The van der Waals surface area contributed by atoms with Crippen LogP contribution in [0.3, 0.4) is 0 Å². The molecule has 1 N–H and O–H groups in total. The summed E-state index contributed by atoms with van der Waals surface area (Å²) in [5.41, 5.74) is 1.43. The molecule has 0 aromatic heterocycles. The molecule has 1 aromatic rings. The number of carbonyl (C=O) groups is 1. The van der Waals surface area contributed by atoms with Crippen molar-refractivity contribution in [3.05, 3.63) is 28.2 Å². The van der Waals surface area contributed by atoms with Crippen molar-refractivity contribution in [1.82, 2.24) is 4.90 Å². The van der Waals surface area contributed by atoms with Gasteiger partial charge in [0.05, 0.1) is 5.56 Å². The Morgan fingerprint density at radius 2 is 1.81 bits per heavy atom. The lowest BCUT2D eigenvalue weighted by Gasteiger charge is -2.39. The Bertz CT molecular complexity index is 521. The van der Waals surface area contributed by atoms with Crippen LogP contribution in [0.4, 0.5) is 5.69 Å². The summed E-state index contributed by atoms with van der Waals surface area (Å²) in [6, 6.07) is 6.33. The number of carboxylic acid groups (broad SMARTS) is 1. The lowest BCUT2D eigenvalue weighted by Crippen LogP contribution is -2.49. The van der Waals surface area contributed by atoms with Crippen LogP contribution in [-0.4, -0.2) is 48.2 Å². The van der Waals surface area contributed by atoms with Gasteiger partial charge in [-0.05, 0) is 47.0 Å². The Labute approximate surface area is 133 Å². The maximum absolute atomic E-state index is 11.0. The van der Waals surface area contributed by atoms with Gasteiger partial charge in [-0.25, -0.2) is 4.79 Å². The molecule has 2 fully saturated rings. The number of rotatable bonds is 3. The first-order chi connectivity index (χ1) is 10.1. The molecule has 5 heteroatoms. The van der Waals surface area contributed by atoms with Crippen molar-refractivity contribution in [2.24, 2.45) is 0 Å². The molecule has 4 nitrogen and oxygen atoms in total. The van der Waals surface area contributed by atoms with Crippen LogP contribution in [0.15, 0.2) is 22.7 Å². The van der Waals surface area contributed by atoms with Gasteiger partial charge in [-0.2, -0.15) is 0 Å². The van der Waals surface area contributed by atoms with Gasteiger partial charge in [-0.1, -0.05) is 12.8 Å². The summed E-state index contributed by atoms with van der Waals surface area (Å²) < 4.78 is 0.658. The molecule has 21 heavy (non-hydrogen) atoms. The van der Waals surface area contributed by atoms with E-state index in [1.165, 1.54) is 25.7 Å². The van der Waals surface area contributed by atoms with Crippen LogP contribution in [-0.2, 0) is 0 Å². The Balaban J connectivity index is 1.64. The second-order valence-corrected chi connectivity index (χ2v) is 6.78. The smallest absolute Gasteiger partial charge is 0.336 e. The van der Waals surface area contributed by atoms with Gasteiger partial charge in [-0.15, -0.1) is 0 Å². The van der Waals surface area contributed by atoms with E-state index < -0.39 is 5.97 Å². The third-order valence-corrected chi connectivity index (χ3v) is 5.36. The molecule has 1 aliphatic heterocycles. The highest BCUT2D eigenvalue weighted by molar-refractivity contribution is 9.10. The predicted molar refractivity (Wildman–Crippen MR) is 87.1 cm³/mol. The van der Waals surface area contributed by atoms with E-state index in [1.807, 2.05) is 12.1 Å². The Morgan fingerprint density at radius 1 is 1.14 bits per heavy atom. The molecule has 0 spiro atoms. The molecule has 1 saturated heterocycles. The lowest BCUT2D eigenvalue weighted by molar-refractivity contribution is 0.0696. The molecular weight excluding hydrogens is 332 g/mol. The molecule has 0 bridgehead atoms. The summed E-state index contributed by atoms with van der Waals surface area (Å²) in [6.07, 6.45) is 5.49. The molecule has 114 valence electrons. The van der Waals surface area contributed by atoms with Crippen molar-refractivity contribution in [3.8, 4) is 0 Å². The monoisotopic (exact) mass is 352 g/mol. The Kier molecular flexibility index (Phi) is 4.50. The number of piperazine rings is 1. The third kappa shape index (κ3) is 3.24. The first-order valence-corrected chi connectivity index (χ1v) is 8.46. The number of anilines is 1. The zero-order chi connectivity index (χ0) is 14.8. The fourth-order valence-corrected chi connectivity index (χ4v) is 4.03. The van der Waals surface area contributed by atoms with Crippen molar-refractivity contribution in [1.29, 1.82) is 0 Å². The van der Waals surface area contributed by atoms with Crippen molar-refractivity contribution >= 4 is 27.6 Å². The summed E-state index contributed by atoms with van der Waals surface area (Å²) in [5.74, 6) is -0.889. The second-order valence-electron chi connectivity index (χ2n) is 5.93. The zero-order valence-corrected chi connectivity index (χ0v) is 13.7. The topological polar surface area (TPSA) is 43.8 Å². The number of carboxylic acids is 1. The summed E-state index contributed by atoms with van der Waals surface area (Å²) >= 11 is 3.36. The molecule has 0 radical (unpaired) electrons. The summed E-state index contributed by atoms with van der Waals surface area (Å²) in [5, 5.41) is 9.07. The van der Waals surface area contributed by atoms with Gasteiger partial charge < -0.3 is 10.0 Å². The largest absolute Gasteiger partial charge is 0.478 e. The van der Waals surface area contributed by atoms with Gasteiger partial charge in [-0.3, -0.25) is 4.90 Å². The predicted octanol–water partition coefficient (Wildman–Crippen LogP) is 3.21. The van der Waals surface area contributed by atoms with Crippen LogP contribution < -0.4 is 4.90 Å². The molecule has 0 unspecified atom stereocenters. The Morgan fingerprint density at radius 3 is 2.38 bits per heavy atom. The van der Waals surface area contributed by atoms with Crippen LogP contribution in [0.2, 0.25) is 0 Å². The molecule has 3 rings (SSSR count). The average Bonchev–Trinajstić information content (AvgIpc) is 3.01. The zero-order valence-electron chi connectivity index (χ0n) is 12.1. The van der Waals surface area contributed by atoms with Crippen molar-refractivity contribution in [2.45, 2.75) is 31.7 Å². The lowest BCUT2D eigenvalue weighted by atomic mass is 10.1. The summed E-state index contributed by atoms with van der Waals surface area (Å²) in [4.78, 5) is 16.0. The highest BCUT2D eigenvalue weighted by Crippen LogP contribution is 2.28. The fraction of sp³-hybridized carbons (Fsp3) is 0.562. The number of hydrogen-bond donors (Lipinski definition) is 1. The summed E-state index contributed by atoms with van der Waals surface area (Å²) in [7, 11) is 0. The number of aromatic carboxylic acids is 1. The number of halogens is 1. The normalized spacial score (nSPS) is 20.9. The molecule has 1 heterocycles. The van der Waals surface area contributed by atoms with E-state index in [2.05, 4.69) is 25.7 Å². The van der Waals surface area contributed by atoms with Crippen LogP contribution >= 0.6 is 15.9 Å². The molecule has 1 aromatic carbocycles.